The van der Waals surface area contributed by atoms with Gasteiger partial charge in [-0.3, -0.25) is 4.21 Å². The van der Waals surface area contributed by atoms with Crippen LogP contribution in [0.2, 0.25) is 0 Å². The minimum Gasteiger partial charge on any atom is -0.496 e. The van der Waals surface area contributed by atoms with Crippen LogP contribution >= 0.6 is 0 Å². The molecule has 1 aromatic carbocycles. The number of hydrogen-bond donors (Lipinski definition) is 1. The lowest BCUT2D eigenvalue weighted by Gasteiger charge is -2.20. The molecule has 2 unspecified atom stereocenters. The molecular weight excluding hydrogens is 246 g/mol. The van der Waals surface area contributed by atoms with Crippen molar-refractivity contribution in [1.29, 1.82) is 0 Å². The van der Waals surface area contributed by atoms with Crippen LogP contribution in [0, 0.1) is 6.92 Å². The van der Waals surface area contributed by atoms with Crippen molar-refractivity contribution in [2.45, 2.75) is 26.8 Å². The van der Waals surface area contributed by atoms with Gasteiger partial charge in [0.25, 0.3) is 0 Å². The van der Waals surface area contributed by atoms with Gasteiger partial charge in [-0.15, -0.1) is 0 Å². The molecular formula is C14H23NO2S. The monoisotopic (exact) mass is 269 g/mol. The smallest absolute Gasteiger partial charge is 0.123 e. The van der Waals surface area contributed by atoms with Crippen LogP contribution in [-0.4, -0.2) is 29.4 Å². The molecule has 0 fully saturated rings. The predicted molar refractivity (Wildman–Crippen MR) is 77.7 cm³/mol. The van der Waals surface area contributed by atoms with Crippen LogP contribution in [0.3, 0.4) is 0 Å². The highest BCUT2D eigenvalue weighted by Gasteiger charge is 2.17. The van der Waals surface area contributed by atoms with Gasteiger partial charge < -0.3 is 10.1 Å². The number of hydrogen-bond acceptors (Lipinski definition) is 3. The summed E-state index contributed by atoms with van der Waals surface area (Å²) in [6.45, 7) is 6.92. The molecule has 2 atom stereocenters. The number of benzene rings is 1. The molecule has 1 aromatic rings. The van der Waals surface area contributed by atoms with E-state index in [9.17, 15) is 4.21 Å². The lowest BCUT2D eigenvalue weighted by molar-refractivity contribution is 0.402. The largest absolute Gasteiger partial charge is 0.496 e. The number of methoxy groups -OCH3 is 1. The number of nitrogens with one attached hydrogen (secondary N) is 1. The molecule has 0 radical (unpaired) electrons. The van der Waals surface area contributed by atoms with E-state index in [0.717, 1.165) is 17.9 Å². The topological polar surface area (TPSA) is 38.3 Å². The fourth-order valence-corrected chi connectivity index (χ4v) is 2.84. The molecule has 1 rings (SSSR count). The predicted octanol–water partition coefficient (Wildman–Crippen LogP) is 2.42. The summed E-state index contributed by atoms with van der Waals surface area (Å²) in [5.41, 5.74) is 2.29. The van der Waals surface area contributed by atoms with E-state index < -0.39 is 10.8 Å². The van der Waals surface area contributed by atoms with Gasteiger partial charge in [0, 0.05) is 33.9 Å². The van der Waals surface area contributed by atoms with Crippen molar-refractivity contribution >= 4 is 10.8 Å². The lowest BCUT2D eigenvalue weighted by Crippen LogP contribution is -2.27. The Labute approximate surface area is 112 Å². The molecule has 0 saturated carbocycles. The van der Waals surface area contributed by atoms with Crippen molar-refractivity contribution in [3.63, 3.8) is 0 Å². The van der Waals surface area contributed by atoms with Gasteiger partial charge in [-0.2, -0.15) is 0 Å². The minimum absolute atomic E-state index is 0.0885. The van der Waals surface area contributed by atoms with Gasteiger partial charge in [0.05, 0.1) is 7.11 Å². The molecule has 0 aliphatic heterocycles. The van der Waals surface area contributed by atoms with Crippen LogP contribution in [-0.2, 0) is 10.8 Å². The second-order valence-corrected chi connectivity index (χ2v) is 6.04. The highest BCUT2D eigenvalue weighted by Crippen LogP contribution is 2.27. The Morgan fingerprint density at radius 1 is 1.39 bits per heavy atom. The van der Waals surface area contributed by atoms with Crippen molar-refractivity contribution in [3.8, 4) is 5.75 Å². The molecule has 0 spiro atoms. The van der Waals surface area contributed by atoms with Crippen molar-refractivity contribution < 1.29 is 8.95 Å². The van der Waals surface area contributed by atoms with Crippen LogP contribution in [0.15, 0.2) is 18.2 Å². The number of rotatable bonds is 7. The highest BCUT2D eigenvalue weighted by molar-refractivity contribution is 7.84. The SMILES string of the molecule is CCNC(CS(=O)CC)c1cc(C)ccc1OC. The molecule has 0 saturated heterocycles. The fourth-order valence-electron chi connectivity index (χ4n) is 1.93. The molecule has 3 nitrogen and oxygen atoms in total. The Morgan fingerprint density at radius 3 is 2.67 bits per heavy atom. The summed E-state index contributed by atoms with van der Waals surface area (Å²) in [6.07, 6.45) is 0. The Kier molecular flexibility index (Phi) is 6.36. The summed E-state index contributed by atoms with van der Waals surface area (Å²) in [5.74, 6) is 2.18. The summed E-state index contributed by atoms with van der Waals surface area (Å²) in [5, 5.41) is 3.39. The summed E-state index contributed by atoms with van der Waals surface area (Å²) >= 11 is 0. The van der Waals surface area contributed by atoms with Gasteiger partial charge >= 0.3 is 0 Å². The zero-order valence-electron chi connectivity index (χ0n) is 11.7. The summed E-state index contributed by atoms with van der Waals surface area (Å²) in [6, 6.07) is 6.20. The van der Waals surface area contributed by atoms with E-state index in [0.29, 0.717) is 11.5 Å². The molecule has 0 amide bonds. The zero-order valence-corrected chi connectivity index (χ0v) is 12.5. The van der Waals surface area contributed by atoms with E-state index >= 15 is 0 Å². The standard InChI is InChI=1S/C14H23NO2S/c1-5-15-13(10-18(16)6-2)12-9-11(3)7-8-14(12)17-4/h7-9,13,15H,5-6,10H2,1-4H3. The quantitative estimate of drug-likeness (QED) is 0.826. The van der Waals surface area contributed by atoms with E-state index in [1.54, 1.807) is 7.11 Å². The Morgan fingerprint density at radius 2 is 2.11 bits per heavy atom. The van der Waals surface area contributed by atoms with Crippen LogP contribution < -0.4 is 10.1 Å². The molecule has 0 aliphatic rings. The normalized spacial score (nSPS) is 14.2. The summed E-state index contributed by atoms with van der Waals surface area (Å²) < 4.78 is 17.2. The summed E-state index contributed by atoms with van der Waals surface area (Å²) in [4.78, 5) is 0. The van der Waals surface area contributed by atoms with Crippen molar-refractivity contribution in [3.05, 3.63) is 29.3 Å². The van der Waals surface area contributed by atoms with E-state index in [1.807, 2.05) is 19.1 Å². The van der Waals surface area contributed by atoms with Gasteiger partial charge in [0.15, 0.2) is 0 Å². The maximum atomic E-state index is 11.8. The van der Waals surface area contributed by atoms with Crippen LogP contribution in [0.5, 0.6) is 5.75 Å². The lowest BCUT2D eigenvalue weighted by atomic mass is 10.0. The fraction of sp³-hybridized carbons (Fsp3) is 0.571. The average molecular weight is 269 g/mol. The van der Waals surface area contributed by atoms with Gasteiger partial charge in [-0.05, 0) is 19.5 Å². The van der Waals surface area contributed by atoms with E-state index in [-0.39, 0.29) is 6.04 Å². The number of aryl methyl sites for hydroxylation is 1. The van der Waals surface area contributed by atoms with Crippen molar-refractivity contribution in [2.75, 3.05) is 25.2 Å². The molecule has 0 aliphatic carbocycles. The molecule has 102 valence electrons. The second-order valence-electron chi connectivity index (χ2n) is 4.25. The molecule has 1 N–H and O–H groups in total. The Bertz CT molecular complexity index is 407. The van der Waals surface area contributed by atoms with E-state index in [1.165, 1.54) is 5.56 Å². The van der Waals surface area contributed by atoms with E-state index in [2.05, 4.69) is 25.2 Å². The molecule has 0 heterocycles. The minimum atomic E-state index is -0.794. The van der Waals surface area contributed by atoms with Crippen LogP contribution in [0.25, 0.3) is 0 Å². The third kappa shape index (κ3) is 4.10. The maximum absolute atomic E-state index is 11.8. The summed E-state index contributed by atoms with van der Waals surface area (Å²) in [7, 11) is 0.881. The van der Waals surface area contributed by atoms with Crippen LogP contribution in [0.4, 0.5) is 0 Å². The molecule has 0 bridgehead atoms. The van der Waals surface area contributed by atoms with Gasteiger partial charge in [-0.1, -0.05) is 31.5 Å². The maximum Gasteiger partial charge on any atom is 0.123 e. The second kappa shape index (κ2) is 7.54. The Balaban J connectivity index is 3.03. The average Bonchev–Trinajstić information content (AvgIpc) is 2.38. The third-order valence-corrected chi connectivity index (χ3v) is 4.23. The van der Waals surface area contributed by atoms with Gasteiger partial charge in [0.1, 0.15) is 5.75 Å². The first-order chi connectivity index (χ1) is 8.62. The van der Waals surface area contributed by atoms with Crippen LogP contribution in [0.1, 0.15) is 31.0 Å². The molecule has 18 heavy (non-hydrogen) atoms. The Hall–Kier alpha value is -0.870. The van der Waals surface area contributed by atoms with Gasteiger partial charge in [0.2, 0.25) is 0 Å². The highest BCUT2D eigenvalue weighted by atomic mass is 32.2. The molecule has 0 aromatic heterocycles. The first kappa shape index (κ1) is 15.2. The number of ether oxygens (including phenoxy) is 1. The van der Waals surface area contributed by atoms with Crippen molar-refractivity contribution in [2.24, 2.45) is 0 Å². The molecule has 4 heteroatoms. The zero-order chi connectivity index (χ0) is 13.5. The first-order valence-electron chi connectivity index (χ1n) is 6.35. The van der Waals surface area contributed by atoms with E-state index in [4.69, 9.17) is 4.74 Å². The first-order valence-corrected chi connectivity index (χ1v) is 7.84. The van der Waals surface area contributed by atoms with Gasteiger partial charge in [-0.25, -0.2) is 0 Å². The third-order valence-electron chi connectivity index (χ3n) is 2.89. The van der Waals surface area contributed by atoms with Crippen molar-refractivity contribution in [1.82, 2.24) is 5.32 Å².